The fraction of sp³-hybridized carbons (Fsp3) is 0.0385. The standard InChI is InChI=1S/C52H38N2/c1-35-19-23-37(24-20-35)51(39-27-31-41(32-28-39)53-47-15-7-3-11-43(47)44-12-4-8-16-48(44)53)52(38-25-21-36(2)22-26-38)40-29-33-42(34-30-40)54-49-17-9-5-13-45(49)46-14-6-10-18-50(46)54/h3-34H,1-2H3/b52-51-. The highest BCUT2D eigenvalue weighted by Crippen LogP contribution is 2.40. The van der Waals surface area contributed by atoms with Gasteiger partial charge in [0.2, 0.25) is 0 Å². The maximum Gasteiger partial charge on any atom is 0.0541 e. The van der Waals surface area contributed by atoms with Crippen molar-refractivity contribution >= 4 is 54.8 Å². The van der Waals surface area contributed by atoms with Crippen molar-refractivity contribution in [3.8, 4) is 11.4 Å². The fourth-order valence-electron chi connectivity index (χ4n) is 8.31. The van der Waals surface area contributed by atoms with E-state index in [4.69, 9.17) is 0 Å². The Morgan fingerprint density at radius 3 is 0.796 bits per heavy atom. The monoisotopic (exact) mass is 690 g/mol. The van der Waals surface area contributed by atoms with Gasteiger partial charge in [0.15, 0.2) is 0 Å². The number of aromatic nitrogens is 2. The Bertz CT molecular complexity index is 2690. The molecule has 0 radical (unpaired) electrons. The first kappa shape index (κ1) is 31.8. The largest absolute Gasteiger partial charge is 0.309 e. The summed E-state index contributed by atoms with van der Waals surface area (Å²) in [6.07, 6.45) is 0. The van der Waals surface area contributed by atoms with Crippen LogP contribution in [0.2, 0.25) is 0 Å². The van der Waals surface area contributed by atoms with E-state index in [0.29, 0.717) is 0 Å². The van der Waals surface area contributed by atoms with Crippen molar-refractivity contribution in [2.24, 2.45) is 0 Å². The van der Waals surface area contributed by atoms with E-state index in [0.717, 1.165) is 11.4 Å². The first-order valence-corrected chi connectivity index (χ1v) is 18.7. The third kappa shape index (κ3) is 5.26. The second-order valence-electron chi connectivity index (χ2n) is 14.3. The molecule has 2 heteroatoms. The van der Waals surface area contributed by atoms with Crippen LogP contribution in [0.1, 0.15) is 33.4 Å². The van der Waals surface area contributed by atoms with Gasteiger partial charge in [-0.3, -0.25) is 0 Å². The molecular weight excluding hydrogens is 653 g/mol. The minimum Gasteiger partial charge on any atom is -0.309 e. The van der Waals surface area contributed by atoms with Crippen LogP contribution in [0, 0.1) is 13.8 Å². The van der Waals surface area contributed by atoms with Gasteiger partial charge in [0.1, 0.15) is 0 Å². The molecular formula is C52H38N2. The number of nitrogens with zero attached hydrogens (tertiary/aromatic N) is 2. The lowest BCUT2D eigenvalue weighted by atomic mass is 9.85. The summed E-state index contributed by atoms with van der Waals surface area (Å²) in [7, 11) is 0. The van der Waals surface area contributed by atoms with Gasteiger partial charge in [0.25, 0.3) is 0 Å². The van der Waals surface area contributed by atoms with Gasteiger partial charge in [-0.25, -0.2) is 0 Å². The van der Waals surface area contributed by atoms with Gasteiger partial charge < -0.3 is 9.13 Å². The molecule has 0 saturated heterocycles. The molecule has 0 amide bonds. The minimum absolute atomic E-state index is 1.15. The summed E-state index contributed by atoms with van der Waals surface area (Å²) in [6, 6.07) is 71.1. The number of fused-ring (bicyclic) bond motifs is 6. The highest BCUT2D eigenvalue weighted by Gasteiger charge is 2.19. The molecule has 0 aliphatic carbocycles. The van der Waals surface area contributed by atoms with Crippen LogP contribution in [0.15, 0.2) is 194 Å². The van der Waals surface area contributed by atoms with E-state index < -0.39 is 0 Å². The van der Waals surface area contributed by atoms with Crippen molar-refractivity contribution in [2.75, 3.05) is 0 Å². The molecule has 0 aliphatic heterocycles. The molecule has 10 aromatic rings. The molecule has 0 atom stereocenters. The molecule has 2 aromatic heterocycles. The number of para-hydroxylation sites is 4. The molecule has 2 nitrogen and oxygen atoms in total. The van der Waals surface area contributed by atoms with Crippen LogP contribution in [-0.4, -0.2) is 9.13 Å². The van der Waals surface area contributed by atoms with Crippen LogP contribution < -0.4 is 0 Å². The summed E-state index contributed by atoms with van der Waals surface area (Å²) in [4.78, 5) is 0. The van der Waals surface area contributed by atoms with Crippen LogP contribution in [0.4, 0.5) is 0 Å². The summed E-state index contributed by atoms with van der Waals surface area (Å²) < 4.78 is 4.77. The number of benzene rings is 8. The maximum atomic E-state index is 2.39. The SMILES string of the molecule is Cc1ccc(/C(=C(\c2ccc(C)cc2)c2ccc(-n3c4ccccc4c4ccccc43)cc2)c2ccc(-n3c4ccccc4c4ccccc43)cc2)cc1. The molecule has 8 aromatic carbocycles. The molecule has 0 aliphatic rings. The first-order valence-electron chi connectivity index (χ1n) is 18.7. The Kier molecular flexibility index (Phi) is 7.63. The zero-order chi connectivity index (χ0) is 36.2. The van der Waals surface area contributed by atoms with Crippen molar-refractivity contribution in [2.45, 2.75) is 13.8 Å². The Balaban J connectivity index is 1.18. The molecule has 2 heterocycles. The number of rotatable bonds is 6. The highest BCUT2D eigenvalue weighted by molar-refractivity contribution is 6.10. The summed E-state index contributed by atoms with van der Waals surface area (Å²) >= 11 is 0. The average molecular weight is 691 g/mol. The van der Waals surface area contributed by atoms with Gasteiger partial charge in [-0.1, -0.05) is 157 Å². The van der Waals surface area contributed by atoms with E-state index in [2.05, 4.69) is 217 Å². The number of aryl methyl sites for hydroxylation is 2. The van der Waals surface area contributed by atoms with E-state index in [1.54, 1.807) is 0 Å². The fourth-order valence-corrected chi connectivity index (χ4v) is 8.31. The Morgan fingerprint density at radius 1 is 0.278 bits per heavy atom. The number of hydrogen-bond donors (Lipinski definition) is 0. The van der Waals surface area contributed by atoms with Gasteiger partial charge in [-0.2, -0.15) is 0 Å². The van der Waals surface area contributed by atoms with Crippen molar-refractivity contribution in [3.05, 3.63) is 228 Å². The van der Waals surface area contributed by atoms with E-state index >= 15 is 0 Å². The molecule has 0 spiro atoms. The van der Waals surface area contributed by atoms with Crippen molar-refractivity contribution < 1.29 is 0 Å². The van der Waals surface area contributed by atoms with Gasteiger partial charge >= 0.3 is 0 Å². The second-order valence-corrected chi connectivity index (χ2v) is 14.3. The molecule has 54 heavy (non-hydrogen) atoms. The van der Waals surface area contributed by atoms with Crippen molar-refractivity contribution in [3.63, 3.8) is 0 Å². The Labute approximate surface area is 315 Å². The number of hydrogen-bond acceptors (Lipinski definition) is 0. The van der Waals surface area contributed by atoms with E-state index in [1.807, 2.05) is 0 Å². The minimum atomic E-state index is 1.15. The Morgan fingerprint density at radius 2 is 0.519 bits per heavy atom. The van der Waals surface area contributed by atoms with E-state index in [1.165, 1.54) is 88.1 Å². The average Bonchev–Trinajstić information content (AvgIpc) is 3.74. The van der Waals surface area contributed by atoms with Gasteiger partial charge in [-0.15, -0.1) is 0 Å². The second kappa shape index (κ2) is 12.9. The van der Waals surface area contributed by atoms with Crippen LogP contribution in [-0.2, 0) is 0 Å². The maximum absolute atomic E-state index is 2.39. The van der Waals surface area contributed by atoms with E-state index in [-0.39, 0.29) is 0 Å². The van der Waals surface area contributed by atoms with Crippen LogP contribution in [0.3, 0.4) is 0 Å². The van der Waals surface area contributed by atoms with Crippen LogP contribution in [0.25, 0.3) is 66.1 Å². The molecule has 256 valence electrons. The van der Waals surface area contributed by atoms with E-state index in [9.17, 15) is 0 Å². The third-order valence-electron chi connectivity index (χ3n) is 10.9. The highest BCUT2D eigenvalue weighted by atomic mass is 15.0. The zero-order valence-electron chi connectivity index (χ0n) is 30.4. The lowest BCUT2D eigenvalue weighted by Crippen LogP contribution is -2.00. The molecule has 0 fully saturated rings. The first-order chi connectivity index (χ1) is 26.6. The Hall–Kier alpha value is -6.90. The molecule has 0 unspecified atom stereocenters. The van der Waals surface area contributed by atoms with Crippen molar-refractivity contribution in [1.82, 2.24) is 9.13 Å². The zero-order valence-corrected chi connectivity index (χ0v) is 30.4. The van der Waals surface area contributed by atoms with Crippen molar-refractivity contribution in [1.29, 1.82) is 0 Å². The summed E-state index contributed by atoms with van der Waals surface area (Å²) in [6.45, 7) is 4.31. The van der Waals surface area contributed by atoms with Gasteiger partial charge in [0, 0.05) is 32.9 Å². The summed E-state index contributed by atoms with van der Waals surface area (Å²) in [5, 5.41) is 5.07. The smallest absolute Gasteiger partial charge is 0.0541 e. The predicted molar refractivity (Wildman–Crippen MR) is 229 cm³/mol. The lowest BCUT2D eigenvalue weighted by molar-refractivity contribution is 1.18. The van der Waals surface area contributed by atoms with Gasteiger partial charge in [-0.05, 0) is 95.8 Å². The molecule has 10 rings (SSSR count). The summed E-state index contributed by atoms with van der Waals surface area (Å²) in [5.74, 6) is 0. The summed E-state index contributed by atoms with van der Waals surface area (Å²) in [5.41, 5.74) is 16.8. The third-order valence-corrected chi connectivity index (χ3v) is 10.9. The molecule has 0 bridgehead atoms. The van der Waals surface area contributed by atoms with Crippen LogP contribution in [0.5, 0.6) is 0 Å². The lowest BCUT2D eigenvalue weighted by Gasteiger charge is -2.19. The topological polar surface area (TPSA) is 9.86 Å². The predicted octanol–water partition coefficient (Wildman–Crippen LogP) is 13.5. The molecule has 0 saturated carbocycles. The normalized spacial score (nSPS) is 12.2. The quantitative estimate of drug-likeness (QED) is 0.154. The van der Waals surface area contributed by atoms with Gasteiger partial charge in [0.05, 0.1) is 22.1 Å². The van der Waals surface area contributed by atoms with Crippen LogP contribution >= 0.6 is 0 Å². The molecule has 0 N–H and O–H groups in total.